The molecule has 0 bridgehead atoms. The minimum atomic E-state index is 0.0559. The largest absolute Gasteiger partial charge is 0.301 e. The van der Waals surface area contributed by atoms with Crippen molar-refractivity contribution in [3.8, 4) is 0 Å². The van der Waals surface area contributed by atoms with Crippen molar-refractivity contribution in [2.45, 2.75) is 11.4 Å². The molecule has 2 aromatic rings. The molecule has 0 saturated carbocycles. The summed E-state index contributed by atoms with van der Waals surface area (Å²) in [5.74, 6) is 0. The fraction of sp³-hybridized carbons (Fsp3) is 0.200. The van der Waals surface area contributed by atoms with Crippen molar-refractivity contribution >= 4 is 39.1 Å². The van der Waals surface area contributed by atoms with Crippen LogP contribution >= 0.6 is 39.1 Å². The van der Waals surface area contributed by atoms with E-state index in [0.29, 0.717) is 0 Å². The predicted molar refractivity (Wildman–Crippen MR) is 86.3 cm³/mol. The van der Waals surface area contributed by atoms with Crippen molar-refractivity contribution in [3.05, 3.63) is 69.7 Å². The van der Waals surface area contributed by atoms with Crippen LogP contribution in [-0.4, -0.2) is 6.54 Å². The lowest BCUT2D eigenvalue weighted by Gasteiger charge is -2.14. The Hall–Kier alpha value is -0.540. The molecule has 0 radical (unpaired) electrons. The van der Waals surface area contributed by atoms with Crippen LogP contribution in [0.5, 0.6) is 0 Å². The summed E-state index contributed by atoms with van der Waals surface area (Å²) in [6.07, 6.45) is 0.924. The lowest BCUT2D eigenvalue weighted by Crippen LogP contribution is -2.19. The summed E-state index contributed by atoms with van der Waals surface area (Å²) in [4.78, 5) is 0.0559. The Balaban J connectivity index is 1.88. The van der Waals surface area contributed by atoms with E-state index in [1.807, 2.05) is 42.5 Å². The van der Waals surface area contributed by atoms with Crippen LogP contribution in [0.1, 0.15) is 16.1 Å². The first-order valence-electron chi connectivity index (χ1n) is 6.03. The summed E-state index contributed by atoms with van der Waals surface area (Å²) in [6, 6.07) is 15.7. The standard InChI is InChI=1S/C15H14BrCl2N/c16-15(13-6-1-2-7-14(13)18)19-9-8-11-4-3-5-12(17)10-11/h1-7,10,15,19H,8-9H2. The highest BCUT2D eigenvalue weighted by Crippen LogP contribution is 2.26. The molecule has 2 rings (SSSR count). The first-order valence-corrected chi connectivity index (χ1v) is 7.70. The molecule has 4 heteroatoms. The quantitative estimate of drug-likeness (QED) is 0.570. The van der Waals surface area contributed by atoms with Crippen LogP contribution in [0.2, 0.25) is 10.0 Å². The zero-order valence-corrected chi connectivity index (χ0v) is 13.3. The maximum atomic E-state index is 6.15. The second-order valence-corrected chi connectivity index (χ2v) is 5.98. The minimum Gasteiger partial charge on any atom is -0.301 e. The average molecular weight is 359 g/mol. The summed E-state index contributed by atoms with van der Waals surface area (Å²) < 4.78 is 0. The van der Waals surface area contributed by atoms with Crippen LogP contribution in [0, 0.1) is 0 Å². The Bertz CT molecular complexity index is 545. The Morgan fingerprint density at radius 3 is 2.58 bits per heavy atom. The van der Waals surface area contributed by atoms with E-state index in [4.69, 9.17) is 23.2 Å². The van der Waals surface area contributed by atoms with Gasteiger partial charge in [0, 0.05) is 16.6 Å². The first-order chi connectivity index (χ1) is 9.16. The summed E-state index contributed by atoms with van der Waals surface area (Å²) in [7, 11) is 0. The van der Waals surface area contributed by atoms with Gasteiger partial charge >= 0.3 is 0 Å². The molecule has 0 aliphatic rings. The van der Waals surface area contributed by atoms with Crippen LogP contribution in [0.25, 0.3) is 0 Å². The smallest absolute Gasteiger partial charge is 0.0901 e. The number of halogens is 3. The number of benzene rings is 2. The van der Waals surface area contributed by atoms with E-state index in [0.717, 1.165) is 28.6 Å². The van der Waals surface area contributed by atoms with Gasteiger partial charge in [-0.25, -0.2) is 0 Å². The van der Waals surface area contributed by atoms with Crippen LogP contribution in [0.4, 0.5) is 0 Å². The molecule has 1 atom stereocenters. The van der Waals surface area contributed by atoms with Gasteiger partial charge < -0.3 is 5.32 Å². The molecule has 0 aliphatic carbocycles. The second-order valence-electron chi connectivity index (χ2n) is 4.22. The van der Waals surface area contributed by atoms with Crippen molar-refractivity contribution < 1.29 is 0 Å². The summed E-state index contributed by atoms with van der Waals surface area (Å²) >= 11 is 15.7. The Kier molecular flexibility index (Phi) is 5.71. The van der Waals surface area contributed by atoms with E-state index in [1.54, 1.807) is 0 Å². The van der Waals surface area contributed by atoms with Crippen molar-refractivity contribution in [1.29, 1.82) is 0 Å². The molecule has 0 amide bonds. The van der Waals surface area contributed by atoms with E-state index >= 15 is 0 Å². The lowest BCUT2D eigenvalue weighted by atomic mass is 10.1. The lowest BCUT2D eigenvalue weighted by molar-refractivity contribution is 0.681. The molecule has 0 aromatic heterocycles. The number of hydrogen-bond donors (Lipinski definition) is 1. The van der Waals surface area contributed by atoms with E-state index in [9.17, 15) is 0 Å². The molecule has 0 saturated heterocycles. The summed E-state index contributed by atoms with van der Waals surface area (Å²) in [6.45, 7) is 0.849. The van der Waals surface area contributed by atoms with Gasteiger partial charge in [0.05, 0.1) is 4.95 Å². The van der Waals surface area contributed by atoms with Gasteiger partial charge in [0.2, 0.25) is 0 Å². The van der Waals surface area contributed by atoms with E-state index < -0.39 is 0 Å². The molecule has 0 fully saturated rings. The third-order valence-electron chi connectivity index (χ3n) is 2.80. The van der Waals surface area contributed by atoms with Gasteiger partial charge in [-0.2, -0.15) is 0 Å². The second kappa shape index (κ2) is 7.30. The fourth-order valence-electron chi connectivity index (χ4n) is 1.83. The fourth-order valence-corrected chi connectivity index (χ4v) is 3.04. The Morgan fingerprint density at radius 1 is 1.05 bits per heavy atom. The van der Waals surface area contributed by atoms with E-state index in [-0.39, 0.29) is 4.95 Å². The molecule has 2 aromatic carbocycles. The number of alkyl halides is 1. The van der Waals surface area contributed by atoms with Gasteiger partial charge in [0.25, 0.3) is 0 Å². The molecule has 1 nitrogen and oxygen atoms in total. The highest BCUT2D eigenvalue weighted by molar-refractivity contribution is 9.09. The number of rotatable bonds is 5. The molecule has 1 unspecified atom stereocenters. The van der Waals surface area contributed by atoms with Crippen molar-refractivity contribution in [2.24, 2.45) is 0 Å². The van der Waals surface area contributed by atoms with E-state index in [1.165, 1.54) is 5.56 Å². The Labute approximate surface area is 132 Å². The molecule has 0 aliphatic heterocycles. The van der Waals surface area contributed by atoms with E-state index in [2.05, 4.69) is 27.3 Å². The SMILES string of the molecule is Clc1cccc(CCNC(Br)c2ccccc2Cl)c1. The molecule has 0 heterocycles. The van der Waals surface area contributed by atoms with Gasteiger partial charge in [0.15, 0.2) is 0 Å². The first kappa shape index (κ1) is 14.9. The highest BCUT2D eigenvalue weighted by Gasteiger charge is 2.09. The van der Waals surface area contributed by atoms with Crippen LogP contribution in [-0.2, 0) is 6.42 Å². The van der Waals surface area contributed by atoms with Crippen LogP contribution < -0.4 is 5.32 Å². The van der Waals surface area contributed by atoms with Gasteiger partial charge in [0.1, 0.15) is 0 Å². The maximum absolute atomic E-state index is 6.15. The van der Waals surface area contributed by atoms with Crippen LogP contribution in [0.3, 0.4) is 0 Å². The molecule has 1 N–H and O–H groups in total. The van der Waals surface area contributed by atoms with Crippen LogP contribution in [0.15, 0.2) is 48.5 Å². The molecule has 100 valence electrons. The molecule has 19 heavy (non-hydrogen) atoms. The topological polar surface area (TPSA) is 12.0 Å². The normalized spacial score (nSPS) is 12.4. The molecular formula is C15H14BrCl2N. The molecular weight excluding hydrogens is 345 g/mol. The monoisotopic (exact) mass is 357 g/mol. The number of hydrogen-bond acceptors (Lipinski definition) is 1. The predicted octanol–water partition coefficient (Wildman–Crippen LogP) is 5.22. The Morgan fingerprint density at radius 2 is 1.84 bits per heavy atom. The maximum Gasteiger partial charge on any atom is 0.0901 e. The number of nitrogens with one attached hydrogen (secondary N) is 1. The minimum absolute atomic E-state index is 0.0559. The van der Waals surface area contributed by atoms with Gasteiger partial charge in [-0.15, -0.1) is 0 Å². The zero-order valence-electron chi connectivity index (χ0n) is 10.2. The molecule has 0 spiro atoms. The summed E-state index contributed by atoms with van der Waals surface area (Å²) in [5.41, 5.74) is 2.27. The van der Waals surface area contributed by atoms with Crippen molar-refractivity contribution in [3.63, 3.8) is 0 Å². The van der Waals surface area contributed by atoms with Crippen molar-refractivity contribution in [2.75, 3.05) is 6.54 Å². The zero-order chi connectivity index (χ0) is 13.7. The third-order valence-corrected chi connectivity index (χ3v) is 4.20. The average Bonchev–Trinajstić information content (AvgIpc) is 2.39. The summed E-state index contributed by atoms with van der Waals surface area (Å²) in [5, 5.41) is 4.94. The van der Waals surface area contributed by atoms with Gasteiger partial charge in [-0.3, -0.25) is 0 Å². The highest BCUT2D eigenvalue weighted by atomic mass is 79.9. The van der Waals surface area contributed by atoms with Crippen molar-refractivity contribution in [1.82, 2.24) is 5.32 Å². The third kappa shape index (κ3) is 4.50. The van der Waals surface area contributed by atoms with Gasteiger partial charge in [-0.05, 0) is 35.7 Å². The van der Waals surface area contributed by atoms with Gasteiger partial charge in [-0.1, -0.05) is 69.5 Å².